The number of carbonyl (C=O) groups excluding carboxylic acids is 1. The van der Waals surface area contributed by atoms with E-state index in [1.165, 1.54) is 5.56 Å². The lowest BCUT2D eigenvalue weighted by Crippen LogP contribution is -2.47. The third kappa shape index (κ3) is 1.90. The molecule has 17 heavy (non-hydrogen) atoms. The third-order valence-electron chi connectivity index (χ3n) is 3.74. The number of hydrogen-bond donors (Lipinski definition) is 1. The van der Waals surface area contributed by atoms with Crippen molar-refractivity contribution < 1.29 is 9.53 Å². The monoisotopic (exact) mass is 231 g/mol. The summed E-state index contributed by atoms with van der Waals surface area (Å²) in [5.74, 6) is 0.346. The second kappa shape index (κ2) is 4.24. The summed E-state index contributed by atoms with van der Waals surface area (Å²) in [5.41, 5.74) is 3.27. The highest BCUT2D eigenvalue weighted by atomic mass is 16.5. The van der Waals surface area contributed by atoms with Gasteiger partial charge in [0.15, 0.2) is 5.78 Å². The van der Waals surface area contributed by atoms with Crippen molar-refractivity contribution in [2.45, 2.75) is 19.4 Å². The number of morpholine rings is 1. The minimum Gasteiger partial charge on any atom is -0.378 e. The van der Waals surface area contributed by atoms with Crippen LogP contribution in [0.15, 0.2) is 18.2 Å². The zero-order valence-electron chi connectivity index (χ0n) is 10.0. The highest BCUT2D eigenvalue weighted by molar-refractivity contribution is 6.02. The maximum absolute atomic E-state index is 12.4. The number of Topliss-reactive ketones (excluding diaryl/α,β-unsaturated/α-hetero) is 1. The second-order valence-corrected chi connectivity index (χ2v) is 4.97. The van der Waals surface area contributed by atoms with Crippen LogP contribution in [0.25, 0.3) is 0 Å². The molecule has 0 saturated carbocycles. The molecule has 0 amide bonds. The Morgan fingerprint density at radius 1 is 1.41 bits per heavy atom. The number of ether oxygens (including phenoxy) is 1. The van der Waals surface area contributed by atoms with Crippen molar-refractivity contribution in [1.29, 1.82) is 0 Å². The largest absolute Gasteiger partial charge is 0.378 e. The predicted octanol–water partition coefficient (Wildman–Crippen LogP) is 1.34. The van der Waals surface area contributed by atoms with Crippen molar-refractivity contribution >= 4 is 5.78 Å². The van der Waals surface area contributed by atoms with Crippen LogP contribution in [-0.2, 0) is 11.2 Å². The van der Waals surface area contributed by atoms with E-state index in [0.717, 1.165) is 30.7 Å². The molecule has 2 aliphatic rings. The van der Waals surface area contributed by atoms with Gasteiger partial charge in [0, 0.05) is 24.1 Å². The molecule has 2 unspecified atom stereocenters. The predicted molar refractivity (Wildman–Crippen MR) is 65.3 cm³/mol. The van der Waals surface area contributed by atoms with Crippen LogP contribution in [0, 0.1) is 12.8 Å². The van der Waals surface area contributed by atoms with E-state index in [2.05, 4.69) is 17.4 Å². The fourth-order valence-corrected chi connectivity index (χ4v) is 2.80. The van der Waals surface area contributed by atoms with Crippen LogP contribution in [0.4, 0.5) is 0 Å². The first-order valence-electron chi connectivity index (χ1n) is 6.20. The Morgan fingerprint density at radius 2 is 2.29 bits per heavy atom. The minimum absolute atomic E-state index is 0.0621. The summed E-state index contributed by atoms with van der Waals surface area (Å²) in [6.07, 6.45) is 0.857. The van der Waals surface area contributed by atoms with Crippen molar-refractivity contribution in [2.24, 2.45) is 5.92 Å². The number of carbonyl (C=O) groups is 1. The molecule has 0 aromatic heterocycles. The molecule has 1 aliphatic carbocycles. The van der Waals surface area contributed by atoms with E-state index in [4.69, 9.17) is 4.74 Å². The van der Waals surface area contributed by atoms with Gasteiger partial charge in [-0.15, -0.1) is 0 Å². The maximum atomic E-state index is 12.4. The lowest BCUT2D eigenvalue weighted by molar-refractivity contribution is 0.0522. The van der Waals surface area contributed by atoms with Gasteiger partial charge in [0.05, 0.1) is 13.2 Å². The Hall–Kier alpha value is -1.19. The van der Waals surface area contributed by atoms with Crippen LogP contribution in [-0.4, -0.2) is 31.6 Å². The van der Waals surface area contributed by atoms with E-state index >= 15 is 0 Å². The fourth-order valence-electron chi connectivity index (χ4n) is 2.80. The average Bonchev–Trinajstić information content (AvgIpc) is 2.68. The molecule has 1 saturated heterocycles. The maximum Gasteiger partial charge on any atom is 0.168 e. The molecule has 1 N–H and O–H groups in total. The zero-order chi connectivity index (χ0) is 11.8. The van der Waals surface area contributed by atoms with E-state index in [1.54, 1.807) is 0 Å². The van der Waals surface area contributed by atoms with Gasteiger partial charge in [0.1, 0.15) is 0 Å². The molecule has 0 bridgehead atoms. The number of aryl methyl sites for hydroxylation is 1. The van der Waals surface area contributed by atoms with Gasteiger partial charge in [-0.1, -0.05) is 17.7 Å². The fraction of sp³-hybridized carbons (Fsp3) is 0.500. The van der Waals surface area contributed by atoms with Crippen LogP contribution in [0.3, 0.4) is 0 Å². The van der Waals surface area contributed by atoms with Gasteiger partial charge in [-0.2, -0.15) is 0 Å². The van der Waals surface area contributed by atoms with Crippen LogP contribution in [0.1, 0.15) is 21.5 Å². The van der Waals surface area contributed by atoms with Crippen molar-refractivity contribution in [3.8, 4) is 0 Å². The Bertz CT molecular complexity index is 450. The molecule has 3 rings (SSSR count). The summed E-state index contributed by atoms with van der Waals surface area (Å²) in [5, 5.41) is 3.40. The number of nitrogens with one attached hydrogen (secondary N) is 1. The molecular formula is C14H17NO2. The van der Waals surface area contributed by atoms with Crippen LogP contribution in [0.2, 0.25) is 0 Å². The van der Waals surface area contributed by atoms with Gasteiger partial charge in [0.2, 0.25) is 0 Å². The number of hydrogen-bond acceptors (Lipinski definition) is 3. The summed E-state index contributed by atoms with van der Waals surface area (Å²) in [7, 11) is 0. The van der Waals surface area contributed by atoms with Crippen LogP contribution < -0.4 is 5.32 Å². The molecule has 0 radical (unpaired) electrons. The Morgan fingerprint density at radius 3 is 3.06 bits per heavy atom. The normalized spacial score (nSPS) is 28.2. The summed E-state index contributed by atoms with van der Waals surface area (Å²) in [4.78, 5) is 12.4. The molecule has 1 fully saturated rings. The van der Waals surface area contributed by atoms with Crippen molar-refractivity contribution in [3.05, 3.63) is 34.9 Å². The molecule has 1 aromatic rings. The first-order chi connectivity index (χ1) is 8.25. The van der Waals surface area contributed by atoms with E-state index in [9.17, 15) is 4.79 Å². The van der Waals surface area contributed by atoms with E-state index < -0.39 is 0 Å². The van der Waals surface area contributed by atoms with Crippen molar-refractivity contribution in [1.82, 2.24) is 5.32 Å². The van der Waals surface area contributed by atoms with Crippen LogP contribution >= 0.6 is 0 Å². The Labute approximate surface area is 101 Å². The van der Waals surface area contributed by atoms with Crippen LogP contribution in [0.5, 0.6) is 0 Å². The molecule has 2 atom stereocenters. The third-order valence-corrected chi connectivity index (χ3v) is 3.74. The quantitative estimate of drug-likeness (QED) is 0.792. The lowest BCUT2D eigenvalue weighted by atomic mass is 9.95. The standard InChI is InChI=1S/C14H17NO2/c1-9-2-3-10-7-12(14(16)11(10)6-9)13-8-17-5-4-15-13/h2-3,6,12-13,15H,4-5,7-8H2,1H3. The molecule has 1 aliphatic heterocycles. The molecule has 1 aromatic carbocycles. The molecule has 3 nitrogen and oxygen atoms in total. The highest BCUT2D eigenvalue weighted by Gasteiger charge is 2.36. The van der Waals surface area contributed by atoms with E-state index in [-0.39, 0.29) is 17.7 Å². The minimum atomic E-state index is 0.0621. The second-order valence-electron chi connectivity index (χ2n) is 4.97. The number of ketones is 1. The molecule has 1 heterocycles. The number of fused-ring (bicyclic) bond motifs is 1. The van der Waals surface area contributed by atoms with Gasteiger partial charge in [-0.05, 0) is 25.0 Å². The highest BCUT2D eigenvalue weighted by Crippen LogP contribution is 2.30. The van der Waals surface area contributed by atoms with E-state index in [1.807, 2.05) is 13.0 Å². The summed E-state index contributed by atoms with van der Waals surface area (Å²) in [6, 6.07) is 6.37. The number of benzene rings is 1. The topological polar surface area (TPSA) is 38.3 Å². The SMILES string of the molecule is Cc1ccc2c(c1)C(=O)C(C1COCCN1)C2. The summed E-state index contributed by atoms with van der Waals surface area (Å²) < 4.78 is 5.45. The van der Waals surface area contributed by atoms with E-state index in [0.29, 0.717) is 6.61 Å². The van der Waals surface area contributed by atoms with Gasteiger partial charge < -0.3 is 10.1 Å². The molecule has 3 heteroatoms. The van der Waals surface area contributed by atoms with Gasteiger partial charge in [-0.3, -0.25) is 4.79 Å². The summed E-state index contributed by atoms with van der Waals surface area (Å²) in [6.45, 7) is 4.29. The molecule has 90 valence electrons. The van der Waals surface area contributed by atoms with Crippen molar-refractivity contribution in [2.75, 3.05) is 19.8 Å². The van der Waals surface area contributed by atoms with Gasteiger partial charge >= 0.3 is 0 Å². The van der Waals surface area contributed by atoms with Gasteiger partial charge in [0.25, 0.3) is 0 Å². The average molecular weight is 231 g/mol. The Kier molecular flexibility index (Phi) is 2.73. The van der Waals surface area contributed by atoms with Gasteiger partial charge in [-0.25, -0.2) is 0 Å². The zero-order valence-corrected chi connectivity index (χ0v) is 10.0. The first-order valence-corrected chi connectivity index (χ1v) is 6.20. The molecule has 0 spiro atoms. The number of rotatable bonds is 1. The Balaban J connectivity index is 1.85. The summed E-state index contributed by atoms with van der Waals surface area (Å²) >= 11 is 0. The van der Waals surface area contributed by atoms with Crippen molar-refractivity contribution in [3.63, 3.8) is 0 Å². The smallest absolute Gasteiger partial charge is 0.168 e. The lowest BCUT2D eigenvalue weighted by Gasteiger charge is -2.27. The molecular weight excluding hydrogens is 214 g/mol. The first kappa shape index (κ1) is 10.9.